The molecule has 2 heteroatoms. The summed E-state index contributed by atoms with van der Waals surface area (Å²) in [5.74, 6) is 0.250. The molecule has 0 aliphatic carbocycles. The monoisotopic (exact) mass is 276 g/mol. The van der Waals surface area contributed by atoms with Crippen molar-refractivity contribution in [2.45, 2.75) is 72.1 Å². The molecule has 0 aliphatic heterocycles. The lowest BCUT2D eigenvalue weighted by Crippen LogP contribution is -2.14. The first-order valence-corrected chi connectivity index (χ1v) is 7.65. The van der Waals surface area contributed by atoms with Crippen LogP contribution in [0.15, 0.2) is 12.1 Å². The molecule has 0 radical (unpaired) electrons. The number of phenols is 1. The highest BCUT2D eigenvalue weighted by Crippen LogP contribution is 2.35. The number of hydrogen-bond donors (Lipinski definition) is 1. The Hall–Kier alpha value is -1.31. The Morgan fingerprint density at radius 3 is 2.35 bits per heavy atom. The molecule has 0 saturated heterocycles. The van der Waals surface area contributed by atoms with E-state index >= 15 is 0 Å². The van der Waals surface area contributed by atoms with Crippen LogP contribution in [0.25, 0.3) is 0 Å². The van der Waals surface area contributed by atoms with E-state index in [0.717, 1.165) is 30.4 Å². The van der Waals surface area contributed by atoms with Gasteiger partial charge in [0.05, 0.1) is 5.56 Å². The first-order valence-electron chi connectivity index (χ1n) is 7.65. The zero-order valence-electron chi connectivity index (χ0n) is 13.5. The van der Waals surface area contributed by atoms with E-state index in [2.05, 4.69) is 6.92 Å². The summed E-state index contributed by atoms with van der Waals surface area (Å²) < 4.78 is 0. The van der Waals surface area contributed by atoms with Gasteiger partial charge in [0, 0.05) is 6.42 Å². The minimum atomic E-state index is -0.158. The second kappa shape index (κ2) is 6.92. The van der Waals surface area contributed by atoms with Gasteiger partial charge in [-0.2, -0.15) is 0 Å². The molecule has 2 nitrogen and oxygen atoms in total. The molecule has 0 saturated carbocycles. The molecule has 1 aromatic rings. The summed E-state index contributed by atoms with van der Waals surface area (Å²) in [6.07, 6.45) is 4.85. The summed E-state index contributed by atoms with van der Waals surface area (Å²) in [6.45, 7) is 10.2. The summed E-state index contributed by atoms with van der Waals surface area (Å²) in [5, 5.41) is 10.5. The van der Waals surface area contributed by atoms with Crippen LogP contribution in [0.5, 0.6) is 5.75 Å². The quantitative estimate of drug-likeness (QED) is 0.576. The average Bonchev–Trinajstić information content (AvgIpc) is 2.33. The number of carbonyl (C=O) groups excluding carboxylic acids is 1. The fourth-order valence-electron chi connectivity index (χ4n) is 2.49. The third kappa shape index (κ3) is 4.09. The smallest absolute Gasteiger partial charge is 0.166 e. The molecule has 20 heavy (non-hydrogen) atoms. The summed E-state index contributed by atoms with van der Waals surface area (Å²) >= 11 is 0. The summed E-state index contributed by atoms with van der Waals surface area (Å²) in [7, 11) is 0. The van der Waals surface area contributed by atoms with Crippen LogP contribution in [0.1, 0.15) is 81.3 Å². The van der Waals surface area contributed by atoms with Crippen molar-refractivity contribution < 1.29 is 9.90 Å². The summed E-state index contributed by atoms with van der Waals surface area (Å²) in [6, 6.07) is 3.87. The van der Waals surface area contributed by atoms with Crippen LogP contribution in [0.2, 0.25) is 0 Å². The Morgan fingerprint density at radius 2 is 1.80 bits per heavy atom. The number of ketones is 1. The second-order valence-electron chi connectivity index (χ2n) is 6.64. The molecule has 0 aromatic heterocycles. The van der Waals surface area contributed by atoms with E-state index in [-0.39, 0.29) is 16.9 Å². The van der Waals surface area contributed by atoms with Crippen molar-refractivity contribution >= 4 is 5.78 Å². The van der Waals surface area contributed by atoms with Crippen LogP contribution in [0.3, 0.4) is 0 Å². The molecule has 1 N–H and O–H groups in total. The van der Waals surface area contributed by atoms with Crippen molar-refractivity contribution in [2.75, 3.05) is 0 Å². The van der Waals surface area contributed by atoms with Crippen LogP contribution >= 0.6 is 0 Å². The molecule has 0 spiro atoms. The van der Waals surface area contributed by atoms with Crippen LogP contribution in [-0.4, -0.2) is 10.9 Å². The number of rotatable bonds is 6. The standard InChI is InChI=1S/C18H28O2/c1-6-7-8-9-10-15(19)16-13(2)11-12-14(17(16)20)18(3,4)5/h11-12,20H,6-10H2,1-5H3. The van der Waals surface area contributed by atoms with Crippen molar-refractivity contribution in [1.29, 1.82) is 0 Å². The molecule has 0 unspecified atom stereocenters. The lowest BCUT2D eigenvalue weighted by Gasteiger charge is -2.22. The Labute approximate surface area is 123 Å². The number of aryl methyl sites for hydroxylation is 1. The first-order chi connectivity index (χ1) is 9.29. The van der Waals surface area contributed by atoms with Crippen molar-refractivity contribution in [3.63, 3.8) is 0 Å². The van der Waals surface area contributed by atoms with Crippen LogP contribution in [-0.2, 0) is 5.41 Å². The van der Waals surface area contributed by atoms with Crippen molar-refractivity contribution in [2.24, 2.45) is 0 Å². The maximum absolute atomic E-state index is 12.4. The van der Waals surface area contributed by atoms with E-state index in [1.165, 1.54) is 6.42 Å². The third-order valence-corrected chi connectivity index (χ3v) is 3.73. The molecule has 0 fully saturated rings. The van der Waals surface area contributed by atoms with Gasteiger partial charge < -0.3 is 5.11 Å². The minimum Gasteiger partial charge on any atom is -0.507 e. The fraction of sp³-hybridized carbons (Fsp3) is 0.611. The van der Waals surface area contributed by atoms with Gasteiger partial charge in [-0.15, -0.1) is 0 Å². The lowest BCUT2D eigenvalue weighted by atomic mass is 9.83. The molecular weight excluding hydrogens is 248 g/mol. The molecule has 1 aromatic carbocycles. The average molecular weight is 276 g/mol. The molecule has 0 amide bonds. The van der Waals surface area contributed by atoms with Crippen LogP contribution in [0, 0.1) is 6.92 Å². The van der Waals surface area contributed by atoms with E-state index in [9.17, 15) is 9.90 Å². The molecule has 112 valence electrons. The molecule has 0 bridgehead atoms. The SMILES string of the molecule is CCCCCCC(=O)c1c(C)ccc(C(C)(C)C)c1O. The van der Waals surface area contributed by atoms with Crippen LogP contribution < -0.4 is 0 Å². The molecule has 0 aliphatic rings. The van der Waals surface area contributed by atoms with E-state index < -0.39 is 0 Å². The third-order valence-electron chi connectivity index (χ3n) is 3.73. The van der Waals surface area contributed by atoms with Crippen molar-refractivity contribution in [3.8, 4) is 5.75 Å². The van der Waals surface area contributed by atoms with Gasteiger partial charge >= 0.3 is 0 Å². The second-order valence-corrected chi connectivity index (χ2v) is 6.64. The molecule has 0 heterocycles. The largest absolute Gasteiger partial charge is 0.507 e. The number of aromatic hydroxyl groups is 1. The highest BCUT2D eigenvalue weighted by molar-refractivity contribution is 6.00. The Morgan fingerprint density at radius 1 is 1.15 bits per heavy atom. The molecule has 1 rings (SSSR count). The van der Waals surface area contributed by atoms with Gasteiger partial charge in [0.15, 0.2) is 5.78 Å². The number of hydrogen-bond acceptors (Lipinski definition) is 2. The zero-order chi connectivity index (χ0) is 15.3. The van der Waals surface area contributed by atoms with E-state index in [1.54, 1.807) is 0 Å². The Balaban J connectivity index is 2.96. The Bertz CT molecular complexity index is 467. The minimum absolute atomic E-state index is 0.0715. The maximum atomic E-state index is 12.4. The zero-order valence-corrected chi connectivity index (χ0v) is 13.5. The highest BCUT2D eigenvalue weighted by atomic mass is 16.3. The van der Waals surface area contributed by atoms with Gasteiger partial charge in [0.2, 0.25) is 0 Å². The van der Waals surface area contributed by atoms with E-state index in [1.807, 2.05) is 39.8 Å². The van der Waals surface area contributed by atoms with Crippen molar-refractivity contribution in [1.82, 2.24) is 0 Å². The van der Waals surface area contributed by atoms with Gasteiger partial charge in [-0.1, -0.05) is 59.1 Å². The molecule has 0 atom stereocenters. The lowest BCUT2D eigenvalue weighted by molar-refractivity contribution is 0.0975. The van der Waals surface area contributed by atoms with Gasteiger partial charge in [0.25, 0.3) is 0 Å². The topological polar surface area (TPSA) is 37.3 Å². The van der Waals surface area contributed by atoms with E-state index in [0.29, 0.717) is 12.0 Å². The fourth-order valence-corrected chi connectivity index (χ4v) is 2.49. The number of benzene rings is 1. The van der Waals surface area contributed by atoms with Gasteiger partial charge in [-0.05, 0) is 29.9 Å². The summed E-state index contributed by atoms with van der Waals surface area (Å²) in [5.41, 5.74) is 2.08. The van der Waals surface area contributed by atoms with Gasteiger partial charge in [-0.3, -0.25) is 4.79 Å². The Kier molecular flexibility index (Phi) is 5.79. The normalized spacial score (nSPS) is 11.7. The number of carbonyl (C=O) groups is 1. The maximum Gasteiger partial charge on any atom is 0.166 e. The predicted octanol–water partition coefficient (Wildman–Crippen LogP) is 5.15. The highest BCUT2D eigenvalue weighted by Gasteiger charge is 2.23. The molecular formula is C18H28O2. The van der Waals surface area contributed by atoms with Crippen LogP contribution in [0.4, 0.5) is 0 Å². The van der Waals surface area contributed by atoms with Crippen molar-refractivity contribution in [3.05, 3.63) is 28.8 Å². The summed E-state index contributed by atoms with van der Waals surface area (Å²) in [4.78, 5) is 12.4. The van der Waals surface area contributed by atoms with Gasteiger partial charge in [0.1, 0.15) is 5.75 Å². The predicted molar refractivity (Wildman–Crippen MR) is 84.6 cm³/mol. The van der Waals surface area contributed by atoms with Gasteiger partial charge in [-0.25, -0.2) is 0 Å². The number of phenolic OH excluding ortho intramolecular Hbond substituents is 1. The number of unbranched alkanes of at least 4 members (excludes halogenated alkanes) is 3. The van der Waals surface area contributed by atoms with E-state index in [4.69, 9.17) is 0 Å². The first kappa shape index (κ1) is 16.7. The number of Topliss-reactive ketones (excluding diaryl/α,β-unsaturated/α-hetero) is 1.